The van der Waals surface area contributed by atoms with Crippen molar-refractivity contribution in [3.05, 3.63) is 0 Å². The van der Waals surface area contributed by atoms with Crippen LogP contribution in [0.2, 0.25) is 0 Å². The SMILES string of the molecule is OO[SiH3].[Ti]. The number of rotatable bonds is 0. The predicted octanol–water partition coefficient (Wildman–Crippen LogP) is -1.25. The van der Waals surface area contributed by atoms with Crippen molar-refractivity contribution in [3.8, 4) is 0 Å². The topological polar surface area (TPSA) is 29.5 Å². The summed E-state index contributed by atoms with van der Waals surface area (Å²) < 4.78 is 3.39. The van der Waals surface area contributed by atoms with Gasteiger partial charge in [0.2, 0.25) is 0 Å². The van der Waals surface area contributed by atoms with Crippen LogP contribution in [-0.2, 0) is 26.3 Å². The summed E-state index contributed by atoms with van der Waals surface area (Å²) in [7, 11) is 0.424. The molecule has 24 valence electrons. The maximum Gasteiger partial charge on any atom is 0.193 e. The van der Waals surface area contributed by atoms with Crippen molar-refractivity contribution >= 4 is 10.5 Å². The van der Waals surface area contributed by atoms with E-state index in [1.807, 2.05) is 0 Å². The van der Waals surface area contributed by atoms with Crippen molar-refractivity contribution in [3.63, 3.8) is 0 Å². The third-order valence-corrected chi connectivity index (χ3v) is 0. The van der Waals surface area contributed by atoms with E-state index in [0.717, 1.165) is 0 Å². The summed E-state index contributed by atoms with van der Waals surface area (Å²) in [5.41, 5.74) is 0. The minimum Gasteiger partial charge on any atom is -0.301 e. The normalized spacial score (nSPS) is 5.25. The Morgan fingerprint density at radius 3 is 1.75 bits per heavy atom. The predicted molar refractivity (Wildman–Crippen MR) is 13.7 cm³/mol. The van der Waals surface area contributed by atoms with Crippen molar-refractivity contribution in [1.29, 1.82) is 0 Å². The molecule has 0 fully saturated rings. The quantitative estimate of drug-likeness (QED) is 0.241. The third-order valence-electron chi connectivity index (χ3n) is 0. The van der Waals surface area contributed by atoms with Gasteiger partial charge in [-0.1, -0.05) is 0 Å². The minimum atomic E-state index is 0. The van der Waals surface area contributed by atoms with Gasteiger partial charge in [0.1, 0.15) is 0 Å². The molecule has 0 aliphatic rings. The molecule has 0 rings (SSSR count). The summed E-state index contributed by atoms with van der Waals surface area (Å²) in [5.74, 6) is 0. The molecular weight excluding hydrogens is 108 g/mol. The zero-order chi connectivity index (χ0) is 2.71. The monoisotopic (exact) mass is 112 g/mol. The summed E-state index contributed by atoms with van der Waals surface area (Å²) in [4.78, 5) is 0. The molecular formula is H4O2SiTi. The van der Waals surface area contributed by atoms with Crippen LogP contribution in [-0.4, -0.2) is 15.7 Å². The van der Waals surface area contributed by atoms with Gasteiger partial charge in [0.05, 0.1) is 0 Å². The van der Waals surface area contributed by atoms with Gasteiger partial charge in [0, 0.05) is 21.7 Å². The molecule has 0 aromatic rings. The van der Waals surface area contributed by atoms with E-state index in [4.69, 9.17) is 5.26 Å². The van der Waals surface area contributed by atoms with Crippen LogP contribution in [0.25, 0.3) is 0 Å². The van der Waals surface area contributed by atoms with E-state index in [9.17, 15) is 0 Å². The first-order valence-corrected chi connectivity index (χ1v) is 1.41. The smallest absolute Gasteiger partial charge is 0.193 e. The first kappa shape index (κ1) is 8.85. The van der Waals surface area contributed by atoms with Crippen molar-refractivity contribution < 1.29 is 31.6 Å². The molecule has 2 nitrogen and oxygen atoms in total. The first-order chi connectivity index (χ1) is 1.41. The molecule has 0 aliphatic heterocycles. The van der Waals surface area contributed by atoms with Crippen molar-refractivity contribution in [2.24, 2.45) is 0 Å². The van der Waals surface area contributed by atoms with E-state index in [2.05, 4.69) is 4.58 Å². The third kappa shape index (κ3) is 13.5. The van der Waals surface area contributed by atoms with E-state index < -0.39 is 0 Å². The second kappa shape index (κ2) is 9.14. The minimum absolute atomic E-state index is 0. The summed E-state index contributed by atoms with van der Waals surface area (Å²) in [5, 5.41) is 7.13. The number of hydrogen-bond acceptors (Lipinski definition) is 2. The summed E-state index contributed by atoms with van der Waals surface area (Å²) in [6.07, 6.45) is 0. The molecule has 0 atom stereocenters. The van der Waals surface area contributed by atoms with Crippen LogP contribution < -0.4 is 0 Å². The van der Waals surface area contributed by atoms with Gasteiger partial charge in [-0.3, -0.25) is 5.26 Å². The van der Waals surface area contributed by atoms with Gasteiger partial charge in [-0.2, -0.15) is 0 Å². The maximum absolute atomic E-state index is 7.13. The Labute approximate surface area is 42.5 Å². The molecule has 0 unspecified atom stereocenters. The summed E-state index contributed by atoms with van der Waals surface area (Å²) in [6, 6.07) is 0. The molecule has 0 aliphatic carbocycles. The van der Waals surface area contributed by atoms with E-state index >= 15 is 0 Å². The fourth-order valence-corrected chi connectivity index (χ4v) is 0. The zero-order valence-electron chi connectivity index (χ0n) is 2.36. The fourth-order valence-electron chi connectivity index (χ4n) is 0. The molecule has 0 spiro atoms. The Morgan fingerprint density at radius 2 is 1.75 bits per heavy atom. The molecule has 0 aromatic heterocycles. The van der Waals surface area contributed by atoms with Gasteiger partial charge >= 0.3 is 0 Å². The molecule has 4 heteroatoms. The molecule has 4 heavy (non-hydrogen) atoms. The van der Waals surface area contributed by atoms with Gasteiger partial charge < -0.3 is 4.58 Å². The van der Waals surface area contributed by atoms with E-state index in [0.29, 0.717) is 10.5 Å². The zero-order valence-corrected chi connectivity index (χ0v) is 5.92. The second-order valence-electron chi connectivity index (χ2n) is 0.183. The molecule has 0 amide bonds. The number of hydrogen-bond donors (Lipinski definition) is 1. The van der Waals surface area contributed by atoms with Crippen LogP contribution in [0, 0.1) is 0 Å². The van der Waals surface area contributed by atoms with Crippen molar-refractivity contribution in [2.75, 3.05) is 0 Å². The molecule has 0 aromatic carbocycles. The summed E-state index contributed by atoms with van der Waals surface area (Å²) in [6.45, 7) is 0. The van der Waals surface area contributed by atoms with Crippen LogP contribution in [0.3, 0.4) is 0 Å². The molecule has 0 radical (unpaired) electrons. The molecule has 0 saturated heterocycles. The van der Waals surface area contributed by atoms with Crippen LogP contribution in [0.4, 0.5) is 0 Å². The fraction of sp³-hybridized carbons (Fsp3) is 0. The van der Waals surface area contributed by atoms with E-state index in [1.165, 1.54) is 0 Å². The molecule has 0 saturated carbocycles. The Balaban J connectivity index is 0. The first-order valence-electron chi connectivity index (χ1n) is 0.591. The van der Waals surface area contributed by atoms with Gasteiger partial charge in [0.25, 0.3) is 0 Å². The molecule has 1 N–H and O–H groups in total. The van der Waals surface area contributed by atoms with E-state index in [1.54, 1.807) is 0 Å². The Kier molecular flexibility index (Phi) is 20.2. The van der Waals surface area contributed by atoms with Gasteiger partial charge in [-0.15, -0.1) is 0 Å². The van der Waals surface area contributed by atoms with Crippen molar-refractivity contribution in [1.82, 2.24) is 0 Å². The Hall–Kier alpha value is 0.851. The standard InChI is InChI=1S/H4O2Si.Ti/c1-2-3;/h1H,3H3;. The van der Waals surface area contributed by atoms with Gasteiger partial charge in [-0.05, 0) is 0 Å². The molecule has 0 bridgehead atoms. The average molecular weight is 112 g/mol. The average Bonchev–Trinajstić information content (AvgIpc) is 0.918. The van der Waals surface area contributed by atoms with Crippen LogP contribution in [0.1, 0.15) is 0 Å². The van der Waals surface area contributed by atoms with Gasteiger partial charge in [0.15, 0.2) is 10.5 Å². The van der Waals surface area contributed by atoms with E-state index in [-0.39, 0.29) is 21.7 Å². The second-order valence-corrected chi connectivity index (χ2v) is 0.548. The largest absolute Gasteiger partial charge is 0.301 e. The van der Waals surface area contributed by atoms with Crippen LogP contribution in [0.15, 0.2) is 0 Å². The summed E-state index contributed by atoms with van der Waals surface area (Å²) >= 11 is 0. The van der Waals surface area contributed by atoms with Crippen LogP contribution >= 0.6 is 0 Å². The molecule has 0 heterocycles. The Bertz CT molecular complexity index is 6.00. The maximum atomic E-state index is 7.13. The van der Waals surface area contributed by atoms with Crippen molar-refractivity contribution in [2.45, 2.75) is 0 Å². The van der Waals surface area contributed by atoms with Crippen LogP contribution in [0.5, 0.6) is 0 Å². The Morgan fingerprint density at radius 1 is 1.75 bits per heavy atom. The van der Waals surface area contributed by atoms with Gasteiger partial charge in [-0.25, -0.2) is 0 Å².